The summed E-state index contributed by atoms with van der Waals surface area (Å²) in [5, 5.41) is 10.2. The van der Waals surface area contributed by atoms with E-state index in [1.807, 2.05) is 13.8 Å². The lowest BCUT2D eigenvalue weighted by atomic mass is 10.1. The highest BCUT2D eigenvalue weighted by Gasteiger charge is 2.32. The minimum absolute atomic E-state index is 0. The van der Waals surface area contributed by atoms with Crippen LogP contribution < -0.4 is 11.5 Å². The molecule has 23 heavy (non-hydrogen) atoms. The van der Waals surface area contributed by atoms with E-state index in [0.717, 1.165) is 25.7 Å². The third kappa shape index (κ3) is 8.53. The monoisotopic (exact) mass is 393 g/mol. The summed E-state index contributed by atoms with van der Waals surface area (Å²) in [5.74, 6) is 0.435. The molecule has 1 aliphatic rings. The molecule has 0 unspecified atom stereocenters. The first-order valence-corrected chi connectivity index (χ1v) is 8.21. The van der Waals surface area contributed by atoms with Gasteiger partial charge in [0.15, 0.2) is 5.66 Å². The Morgan fingerprint density at radius 3 is 2.04 bits per heavy atom. The molecule has 136 valence electrons. The number of rotatable bonds is 11. The van der Waals surface area contributed by atoms with Crippen molar-refractivity contribution in [2.24, 2.45) is 21.5 Å². The highest BCUT2D eigenvalue weighted by Crippen LogP contribution is 2.20. The van der Waals surface area contributed by atoms with Gasteiger partial charge in [0.2, 0.25) is 11.9 Å². The number of nitrogens with two attached hydrogens (primary N) is 2. The minimum Gasteiger partial charge on any atom is -0.396 e. The Bertz CT molecular complexity index is 388. The van der Waals surface area contributed by atoms with E-state index in [1.165, 1.54) is 30.7 Å². The molecular formula is C15H32BrN5O2. The Kier molecular flexibility index (Phi) is 11.2. The molecule has 1 aliphatic heterocycles. The van der Waals surface area contributed by atoms with E-state index in [9.17, 15) is 0 Å². The summed E-state index contributed by atoms with van der Waals surface area (Å²) >= 11 is 0. The topological polar surface area (TPSA) is 109 Å². The highest BCUT2D eigenvalue weighted by molar-refractivity contribution is 8.93. The Hall–Kier alpha value is -0.860. The second-order valence-corrected chi connectivity index (χ2v) is 6.11. The zero-order valence-corrected chi connectivity index (χ0v) is 16.0. The molecule has 1 rings (SSSR count). The van der Waals surface area contributed by atoms with E-state index in [0.29, 0.717) is 13.2 Å². The van der Waals surface area contributed by atoms with Gasteiger partial charge in [0, 0.05) is 6.61 Å². The molecule has 0 saturated heterocycles. The molecule has 0 radical (unpaired) electrons. The van der Waals surface area contributed by atoms with Crippen molar-refractivity contribution in [2.75, 3.05) is 13.2 Å². The van der Waals surface area contributed by atoms with Crippen molar-refractivity contribution in [3.8, 4) is 0 Å². The number of aliphatic hydroxyl groups excluding tert-OH is 1. The van der Waals surface area contributed by atoms with Crippen molar-refractivity contribution in [1.82, 2.24) is 5.06 Å². The Labute approximate surface area is 149 Å². The number of unbranched alkanes of at least 4 members (excludes halogenated alkanes) is 7. The van der Waals surface area contributed by atoms with E-state index in [-0.39, 0.29) is 28.9 Å². The maximum atomic E-state index is 8.69. The predicted molar refractivity (Wildman–Crippen MR) is 99.5 cm³/mol. The molecule has 0 atom stereocenters. The van der Waals surface area contributed by atoms with Crippen LogP contribution in [-0.2, 0) is 4.84 Å². The summed E-state index contributed by atoms with van der Waals surface area (Å²) in [4.78, 5) is 13.9. The molecule has 1 heterocycles. The van der Waals surface area contributed by atoms with Gasteiger partial charge in [-0.3, -0.25) is 4.84 Å². The van der Waals surface area contributed by atoms with Gasteiger partial charge in [-0.1, -0.05) is 38.5 Å². The van der Waals surface area contributed by atoms with Gasteiger partial charge in [0.25, 0.3) is 0 Å². The van der Waals surface area contributed by atoms with Crippen LogP contribution in [0.5, 0.6) is 0 Å². The van der Waals surface area contributed by atoms with Gasteiger partial charge in [-0.2, -0.15) is 10.1 Å². The first-order valence-electron chi connectivity index (χ1n) is 8.21. The molecule has 0 aromatic heterocycles. The molecular weight excluding hydrogens is 362 g/mol. The molecule has 0 bridgehead atoms. The fourth-order valence-corrected chi connectivity index (χ4v) is 2.45. The van der Waals surface area contributed by atoms with Crippen LogP contribution in [0.2, 0.25) is 0 Å². The van der Waals surface area contributed by atoms with Gasteiger partial charge in [0.05, 0.1) is 6.61 Å². The molecule has 7 nitrogen and oxygen atoms in total. The predicted octanol–water partition coefficient (Wildman–Crippen LogP) is 2.29. The maximum Gasteiger partial charge on any atom is 0.226 e. The normalized spacial score (nSPS) is 16.6. The van der Waals surface area contributed by atoms with E-state index < -0.39 is 5.66 Å². The summed E-state index contributed by atoms with van der Waals surface area (Å²) in [6.07, 6.45) is 9.08. The molecule has 5 N–H and O–H groups in total. The lowest BCUT2D eigenvalue weighted by molar-refractivity contribution is -0.157. The Morgan fingerprint density at radius 2 is 1.52 bits per heavy atom. The fraction of sp³-hybridized carbons (Fsp3) is 0.867. The number of nitrogens with zero attached hydrogens (tertiary/aromatic N) is 3. The van der Waals surface area contributed by atoms with Gasteiger partial charge in [-0.25, -0.2) is 4.99 Å². The van der Waals surface area contributed by atoms with Gasteiger partial charge >= 0.3 is 0 Å². The first kappa shape index (κ1) is 22.1. The summed E-state index contributed by atoms with van der Waals surface area (Å²) in [6, 6.07) is 0. The van der Waals surface area contributed by atoms with Crippen LogP contribution in [0.25, 0.3) is 0 Å². The van der Waals surface area contributed by atoms with E-state index in [4.69, 9.17) is 21.4 Å². The molecule has 0 amide bonds. The Morgan fingerprint density at radius 1 is 1.00 bits per heavy atom. The van der Waals surface area contributed by atoms with Gasteiger partial charge in [-0.05, 0) is 26.7 Å². The largest absolute Gasteiger partial charge is 0.396 e. The second-order valence-electron chi connectivity index (χ2n) is 6.11. The van der Waals surface area contributed by atoms with Crippen molar-refractivity contribution in [2.45, 2.75) is 70.9 Å². The van der Waals surface area contributed by atoms with Crippen LogP contribution in [0.3, 0.4) is 0 Å². The molecule has 0 fully saturated rings. The standard InChI is InChI=1S/C15H31N5O2.BrH/c1-15(2)19-13(16)18-14(17)20(15)22-12-10-8-6-4-3-5-7-9-11-21;/h21H,3-12H2,1-2H3,(H4,16,17,18,19);1H. The van der Waals surface area contributed by atoms with Gasteiger partial charge < -0.3 is 16.6 Å². The summed E-state index contributed by atoms with van der Waals surface area (Å²) < 4.78 is 0. The SMILES string of the molecule is Br.CC1(C)N=C(N)N=C(N)N1OCCCCCCCCCCO. The second kappa shape index (κ2) is 11.6. The van der Waals surface area contributed by atoms with Crippen LogP contribution in [0.15, 0.2) is 9.98 Å². The van der Waals surface area contributed by atoms with Gasteiger partial charge in [0.1, 0.15) is 0 Å². The van der Waals surface area contributed by atoms with Crippen LogP contribution >= 0.6 is 17.0 Å². The first-order chi connectivity index (χ1) is 10.5. The number of aliphatic hydroxyl groups is 1. The highest BCUT2D eigenvalue weighted by atomic mass is 79.9. The Balaban J connectivity index is 0.00000484. The molecule has 0 aliphatic carbocycles. The molecule has 0 saturated carbocycles. The van der Waals surface area contributed by atoms with E-state index in [1.54, 1.807) is 0 Å². The molecule has 0 spiro atoms. The summed E-state index contributed by atoms with van der Waals surface area (Å²) in [7, 11) is 0. The lowest BCUT2D eigenvalue weighted by Gasteiger charge is -2.36. The lowest BCUT2D eigenvalue weighted by Crippen LogP contribution is -2.53. The minimum atomic E-state index is -0.622. The third-order valence-corrected chi connectivity index (χ3v) is 3.60. The number of hydrogen-bond acceptors (Lipinski definition) is 7. The quantitative estimate of drug-likeness (QED) is 0.466. The molecule has 0 aromatic carbocycles. The van der Waals surface area contributed by atoms with Crippen molar-refractivity contribution < 1.29 is 9.94 Å². The van der Waals surface area contributed by atoms with Crippen LogP contribution in [-0.4, -0.2) is 41.0 Å². The zero-order chi connectivity index (χ0) is 16.4. The molecule has 8 heteroatoms. The van der Waals surface area contributed by atoms with Crippen molar-refractivity contribution in [1.29, 1.82) is 0 Å². The number of hydroxylamine groups is 2. The van der Waals surface area contributed by atoms with E-state index >= 15 is 0 Å². The van der Waals surface area contributed by atoms with Crippen LogP contribution in [0.1, 0.15) is 65.2 Å². The smallest absolute Gasteiger partial charge is 0.226 e. The molecule has 0 aromatic rings. The number of guanidine groups is 2. The average Bonchev–Trinajstić information content (AvgIpc) is 2.42. The van der Waals surface area contributed by atoms with Crippen LogP contribution in [0.4, 0.5) is 0 Å². The number of aliphatic imine (C=N–C) groups is 2. The number of hydrogen-bond donors (Lipinski definition) is 3. The fourth-order valence-electron chi connectivity index (χ4n) is 2.45. The van der Waals surface area contributed by atoms with E-state index in [2.05, 4.69) is 9.98 Å². The van der Waals surface area contributed by atoms with Crippen molar-refractivity contribution in [3.63, 3.8) is 0 Å². The average molecular weight is 394 g/mol. The van der Waals surface area contributed by atoms with Crippen molar-refractivity contribution in [3.05, 3.63) is 0 Å². The number of halogens is 1. The van der Waals surface area contributed by atoms with Gasteiger partial charge in [-0.15, -0.1) is 17.0 Å². The van der Waals surface area contributed by atoms with Crippen LogP contribution in [0, 0.1) is 0 Å². The van der Waals surface area contributed by atoms with Crippen molar-refractivity contribution >= 4 is 28.9 Å². The third-order valence-electron chi connectivity index (χ3n) is 3.60. The zero-order valence-electron chi connectivity index (χ0n) is 14.3. The summed E-state index contributed by atoms with van der Waals surface area (Å²) in [5.41, 5.74) is 10.8. The maximum absolute atomic E-state index is 8.69. The summed E-state index contributed by atoms with van der Waals surface area (Å²) in [6.45, 7) is 4.67.